The number of fused-ring (bicyclic) bond motifs is 8. The first-order chi connectivity index (χ1) is 32.7. The third-order valence-electron chi connectivity index (χ3n) is 14.1. The van der Waals surface area contributed by atoms with E-state index < -0.39 is 10.8 Å². The van der Waals surface area contributed by atoms with Crippen LogP contribution in [0.3, 0.4) is 0 Å². The van der Waals surface area contributed by atoms with E-state index in [1.807, 2.05) is 12.1 Å². The number of benzene rings is 10. The summed E-state index contributed by atoms with van der Waals surface area (Å²) < 4.78 is 12.2. The van der Waals surface area contributed by atoms with Crippen molar-refractivity contribution in [3.05, 3.63) is 263 Å². The van der Waals surface area contributed by atoms with E-state index in [1.165, 1.54) is 66.8 Å². The van der Waals surface area contributed by atoms with Crippen molar-refractivity contribution in [2.45, 2.75) is 10.8 Å². The molecule has 318 valence electrons. The zero-order chi connectivity index (χ0) is 44.2. The lowest BCUT2D eigenvalue weighted by molar-refractivity contribution is 0.203. The third-order valence-corrected chi connectivity index (χ3v) is 14.1. The Morgan fingerprint density at radius 2 is 0.591 bits per heavy atom. The first kappa shape index (κ1) is 39.8. The fourth-order valence-electron chi connectivity index (χ4n) is 11.6. The second kappa shape index (κ2) is 16.0. The van der Waals surface area contributed by atoms with Crippen LogP contribution in [-0.2, 0) is 10.8 Å². The molecular formula is C62H46O4. The van der Waals surface area contributed by atoms with E-state index in [0.29, 0.717) is 0 Å². The zero-order valence-corrected chi connectivity index (χ0v) is 36.3. The van der Waals surface area contributed by atoms with Gasteiger partial charge in [-0.15, -0.1) is 0 Å². The highest BCUT2D eigenvalue weighted by Gasteiger charge is 2.48. The SMILES string of the molecule is OCCOc1cccc2c(C3(c4ccc(-c5ccc(C6(c7cccc8c(OCCO)cccc78)c7ccccc7-c7ccccc76)cc5)cc4)c4ccccc4-c4ccccc43)cccc12. The number of rotatable bonds is 11. The van der Waals surface area contributed by atoms with Crippen LogP contribution in [0.15, 0.2) is 218 Å². The molecule has 10 aromatic carbocycles. The fraction of sp³-hybridized carbons (Fsp3) is 0.0968. The second-order valence-corrected chi connectivity index (χ2v) is 17.3. The summed E-state index contributed by atoms with van der Waals surface area (Å²) in [5, 5.41) is 23.6. The maximum Gasteiger partial charge on any atom is 0.127 e. The molecule has 0 fully saturated rings. The fourth-order valence-corrected chi connectivity index (χ4v) is 11.6. The van der Waals surface area contributed by atoms with E-state index in [2.05, 4.69) is 206 Å². The van der Waals surface area contributed by atoms with Gasteiger partial charge in [-0.25, -0.2) is 0 Å². The summed E-state index contributed by atoms with van der Waals surface area (Å²) in [7, 11) is 0. The number of ether oxygens (including phenoxy) is 2. The number of hydrogen-bond donors (Lipinski definition) is 2. The van der Waals surface area contributed by atoms with Gasteiger partial charge in [-0.3, -0.25) is 0 Å². The molecule has 0 amide bonds. The average molecular weight is 855 g/mol. The molecule has 12 rings (SSSR count). The Kier molecular flexibility index (Phi) is 9.67. The van der Waals surface area contributed by atoms with Gasteiger partial charge in [0.1, 0.15) is 24.7 Å². The van der Waals surface area contributed by atoms with Gasteiger partial charge in [-0.2, -0.15) is 0 Å². The molecule has 2 N–H and O–H groups in total. The van der Waals surface area contributed by atoms with E-state index in [4.69, 9.17) is 9.47 Å². The molecule has 2 aliphatic rings. The number of aliphatic hydroxyl groups excluding tert-OH is 2. The zero-order valence-electron chi connectivity index (χ0n) is 36.3. The van der Waals surface area contributed by atoms with Gasteiger partial charge in [0.2, 0.25) is 0 Å². The molecule has 2 aliphatic carbocycles. The van der Waals surface area contributed by atoms with Crippen LogP contribution >= 0.6 is 0 Å². The summed E-state index contributed by atoms with van der Waals surface area (Å²) in [6.45, 7) is 0.365. The van der Waals surface area contributed by atoms with E-state index in [9.17, 15) is 10.2 Å². The number of aliphatic hydroxyl groups is 2. The first-order valence-corrected chi connectivity index (χ1v) is 22.8. The summed E-state index contributed by atoms with van der Waals surface area (Å²) in [4.78, 5) is 0. The summed E-state index contributed by atoms with van der Waals surface area (Å²) in [5.41, 5.74) is 15.7. The standard InChI is InChI=1S/C62H46O4/c63-37-39-65-59-27-11-17-49-51(59)19-9-25-57(49)61(53-21-5-1-13-45(53)46-14-2-6-22-54(46)61)43-33-29-41(30-34-43)42-31-35-44(36-32-42)62(55-23-7-3-15-47(55)48-16-4-8-24-56(48)62)58-26-10-20-52-50(58)18-12-28-60(52)66-40-38-64/h1-36,63-64H,37-40H2. The van der Waals surface area contributed by atoms with Gasteiger partial charge >= 0.3 is 0 Å². The van der Waals surface area contributed by atoms with Gasteiger partial charge < -0.3 is 19.7 Å². The predicted molar refractivity (Wildman–Crippen MR) is 267 cm³/mol. The van der Waals surface area contributed by atoms with Crippen LogP contribution in [-0.4, -0.2) is 36.6 Å². The summed E-state index contributed by atoms with van der Waals surface area (Å²) in [6.07, 6.45) is 0. The lowest BCUT2D eigenvalue weighted by Gasteiger charge is -2.35. The Bertz CT molecular complexity index is 3140. The molecule has 0 aromatic heterocycles. The van der Waals surface area contributed by atoms with Gasteiger partial charge in [-0.05, 0) is 101 Å². The molecule has 10 aromatic rings. The molecule has 0 saturated carbocycles. The molecule has 0 bridgehead atoms. The smallest absolute Gasteiger partial charge is 0.127 e. The topological polar surface area (TPSA) is 58.9 Å². The first-order valence-electron chi connectivity index (χ1n) is 22.8. The van der Waals surface area contributed by atoms with Crippen LogP contribution in [0.1, 0.15) is 44.5 Å². The second-order valence-electron chi connectivity index (χ2n) is 17.3. The molecule has 0 spiro atoms. The van der Waals surface area contributed by atoms with Crippen molar-refractivity contribution in [3.63, 3.8) is 0 Å². The van der Waals surface area contributed by atoms with E-state index >= 15 is 0 Å². The van der Waals surface area contributed by atoms with Crippen LogP contribution in [0.25, 0.3) is 54.9 Å². The summed E-state index contributed by atoms with van der Waals surface area (Å²) in [5.74, 6) is 1.53. The maximum atomic E-state index is 9.66. The van der Waals surface area contributed by atoms with Crippen LogP contribution in [0, 0.1) is 0 Å². The van der Waals surface area contributed by atoms with Crippen molar-refractivity contribution in [3.8, 4) is 44.9 Å². The number of hydrogen-bond acceptors (Lipinski definition) is 4. The van der Waals surface area contributed by atoms with Crippen LogP contribution < -0.4 is 9.47 Å². The average Bonchev–Trinajstić information content (AvgIpc) is 3.86. The van der Waals surface area contributed by atoms with E-state index in [-0.39, 0.29) is 26.4 Å². The highest BCUT2D eigenvalue weighted by molar-refractivity contribution is 5.98. The van der Waals surface area contributed by atoms with Crippen molar-refractivity contribution in [1.82, 2.24) is 0 Å². The highest BCUT2D eigenvalue weighted by atomic mass is 16.5. The minimum atomic E-state index is -0.609. The Balaban J connectivity index is 1.02. The quantitative estimate of drug-likeness (QED) is 0.136. The Hall–Kier alpha value is -7.76. The Labute approximate surface area is 384 Å². The molecule has 66 heavy (non-hydrogen) atoms. The minimum Gasteiger partial charge on any atom is -0.491 e. The van der Waals surface area contributed by atoms with Crippen molar-refractivity contribution in [2.24, 2.45) is 0 Å². The molecule has 0 radical (unpaired) electrons. The van der Waals surface area contributed by atoms with Gasteiger partial charge in [0.05, 0.1) is 24.0 Å². The molecule has 0 atom stereocenters. The van der Waals surface area contributed by atoms with Crippen molar-refractivity contribution < 1.29 is 19.7 Å². The lowest BCUT2D eigenvalue weighted by Crippen LogP contribution is -2.29. The van der Waals surface area contributed by atoms with Crippen molar-refractivity contribution in [2.75, 3.05) is 26.4 Å². The van der Waals surface area contributed by atoms with Crippen LogP contribution in [0.4, 0.5) is 0 Å². The Morgan fingerprint density at radius 1 is 0.288 bits per heavy atom. The molecule has 0 unspecified atom stereocenters. The third kappa shape index (κ3) is 5.78. The Morgan fingerprint density at radius 3 is 0.939 bits per heavy atom. The van der Waals surface area contributed by atoms with Gasteiger partial charge in [0.15, 0.2) is 0 Å². The normalized spacial score (nSPS) is 13.8. The van der Waals surface area contributed by atoms with E-state index in [1.54, 1.807) is 0 Å². The molecule has 0 saturated heterocycles. The van der Waals surface area contributed by atoms with Crippen molar-refractivity contribution in [1.29, 1.82) is 0 Å². The molecule has 4 nitrogen and oxygen atoms in total. The van der Waals surface area contributed by atoms with Crippen LogP contribution in [0.5, 0.6) is 11.5 Å². The summed E-state index contributed by atoms with van der Waals surface area (Å²) in [6, 6.07) is 79.4. The summed E-state index contributed by atoms with van der Waals surface area (Å²) >= 11 is 0. The predicted octanol–water partition coefficient (Wildman–Crippen LogP) is 13.1. The van der Waals surface area contributed by atoms with Crippen LogP contribution in [0.2, 0.25) is 0 Å². The van der Waals surface area contributed by atoms with Gasteiger partial charge in [0.25, 0.3) is 0 Å². The highest BCUT2D eigenvalue weighted by Crippen LogP contribution is 2.59. The largest absolute Gasteiger partial charge is 0.491 e. The molecule has 0 aliphatic heterocycles. The monoisotopic (exact) mass is 854 g/mol. The van der Waals surface area contributed by atoms with E-state index in [0.717, 1.165) is 44.2 Å². The maximum absolute atomic E-state index is 9.66. The minimum absolute atomic E-state index is 0.0494. The molecule has 4 heteroatoms. The lowest BCUT2D eigenvalue weighted by atomic mass is 9.66. The van der Waals surface area contributed by atoms with Gasteiger partial charge in [0, 0.05) is 10.8 Å². The van der Waals surface area contributed by atoms with Crippen molar-refractivity contribution >= 4 is 21.5 Å². The molecule has 0 heterocycles. The van der Waals surface area contributed by atoms with Gasteiger partial charge in [-0.1, -0.05) is 206 Å². The molecular weight excluding hydrogens is 809 g/mol.